The van der Waals surface area contributed by atoms with Crippen LogP contribution in [0.4, 0.5) is 0 Å². The second kappa shape index (κ2) is 4.52. The summed E-state index contributed by atoms with van der Waals surface area (Å²) in [4.78, 5) is 14.0. The van der Waals surface area contributed by atoms with Gasteiger partial charge < -0.3 is 4.90 Å². The lowest BCUT2D eigenvalue weighted by Crippen LogP contribution is -2.47. The first-order chi connectivity index (χ1) is 7.98. The van der Waals surface area contributed by atoms with E-state index >= 15 is 0 Å². The van der Waals surface area contributed by atoms with Gasteiger partial charge in [-0.25, -0.2) is 0 Å². The highest BCUT2D eigenvalue weighted by atomic mass is 16.2. The molecule has 0 aromatic heterocycles. The van der Waals surface area contributed by atoms with Gasteiger partial charge in [0, 0.05) is 18.0 Å². The largest absolute Gasteiger partial charge is 0.335 e. The fourth-order valence-corrected chi connectivity index (χ4v) is 2.74. The first kappa shape index (κ1) is 12.2. The minimum atomic E-state index is -0.0625. The van der Waals surface area contributed by atoms with Crippen LogP contribution in [0, 0.1) is 0 Å². The summed E-state index contributed by atoms with van der Waals surface area (Å²) in [5.41, 5.74) is 1.26. The van der Waals surface area contributed by atoms with Crippen molar-refractivity contribution < 1.29 is 4.79 Å². The van der Waals surface area contributed by atoms with E-state index < -0.39 is 0 Å². The molecule has 2 heteroatoms. The van der Waals surface area contributed by atoms with Gasteiger partial charge in [0.25, 0.3) is 0 Å². The van der Waals surface area contributed by atoms with Gasteiger partial charge in [0.1, 0.15) is 0 Å². The van der Waals surface area contributed by atoms with Crippen LogP contribution in [-0.4, -0.2) is 22.4 Å². The molecule has 1 unspecified atom stereocenters. The van der Waals surface area contributed by atoms with Gasteiger partial charge in [-0.3, -0.25) is 4.79 Å². The minimum absolute atomic E-state index is 0.0625. The molecule has 17 heavy (non-hydrogen) atoms. The van der Waals surface area contributed by atoms with Gasteiger partial charge in [0.15, 0.2) is 0 Å². The molecule has 0 radical (unpaired) electrons. The maximum atomic E-state index is 11.9. The van der Waals surface area contributed by atoms with Gasteiger partial charge in [-0.2, -0.15) is 0 Å². The average Bonchev–Trinajstić information content (AvgIpc) is 2.60. The van der Waals surface area contributed by atoms with E-state index in [-0.39, 0.29) is 5.54 Å². The predicted molar refractivity (Wildman–Crippen MR) is 69.8 cm³/mol. The number of benzene rings is 1. The molecule has 1 saturated heterocycles. The molecule has 0 N–H and O–H groups in total. The van der Waals surface area contributed by atoms with Gasteiger partial charge in [0.05, 0.1) is 0 Å². The Kier molecular flexibility index (Phi) is 3.23. The molecular weight excluding hydrogens is 210 g/mol. The molecule has 1 aliphatic rings. The van der Waals surface area contributed by atoms with Crippen LogP contribution in [0.3, 0.4) is 0 Å². The third-order valence-electron chi connectivity index (χ3n) is 3.36. The van der Waals surface area contributed by atoms with Crippen molar-refractivity contribution in [1.82, 2.24) is 4.90 Å². The molecule has 1 aromatic carbocycles. The van der Waals surface area contributed by atoms with Crippen LogP contribution in [0.2, 0.25) is 0 Å². The Balaban J connectivity index is 2.13. The molecular formula is C15H21NO. The van der Waals surface area contributed by atoms with Crippen molar-refractivity contribution in [3.63, 3.8) is 0 Å². The molecule has 0 aliphatic carbocycles. The molecule has 1 atom stereocenters. The Morgan fingerprint density at radius 1 is 1.24 bits per heavy atom. The lowest BCUT2D eigenvalue weighted by atomic mass is 9.99. The van der Waals surface area contributed by atoms with Crippen LogP contribution in [-0.2, 0) is 11.2 Å². The van der Waals surface area contributed by atoms with Crippen LogP contribution < -0.4 is 0 Å². The first-order valence-electron chi connectivity index (χ1n) is 6.34. The van der Waals surface area contributed by atoms with Crippen LogP contribution in [0.15, 0.2) is 30.3 Å². The van der Waals surface area contributed by atoms with Crippen molar-refractivity contribution in [2.24, 2.45) is 0 Å². The van der Waals surface area contributed by atoms with Crippen LogP contribution >= 0.6 is 0 Å². The number of likely N-dealkylation sites (tertiary alicyclic amines) is 1. The standard InChI is InChI=1S/C15H21NO/c1-15(2,3)16-13(9-10-14(16)17)11-12-7-5-4-6-8-12/h4-8,13H,9-11H2,1-3H3. The number of rotatable bonds is 2. The molecule has 2 rings (SSSR count). The smallest absolute Gasteiger partial charge is 0.223 e. The Bertz CT molecular complexity index is 391. The van der Waals surface area contributed by atoms with Gasteiger partial charge in [-0.15, -0.1) is 0 Å². The van der Waals surface area contributed by atoms with Gasteiger partial charge in [0.2, 0.25) is 5.91 Å². The highest BCUT2D eigenvalue weighted by molar-refractivity contribution is 5.79. The molecule has 0 bridgehead atoms. The summed E-state index contributed by atoms with van der Waals surface area (Å²) in [7, 11) is 0. The van der Waals surface area contributed by atoms with E-state index in [4.69, 9.17) is 0 Å². The summed E-state index contributed by atoms with van der Waals surface area (Å²) in [6.07, 6.45) is 2.67. The normalized spacial score (nSPS) is 21.0. The van der Waals surface area contributed by atoms with Crippen molar-refractivity contribution in [3.8, 4) is 0 Å². The lowest BCUT2D eigenvalue weighted by molar-refractivity contribution is -0.133. The highest BCUT2D eigenvalue weighted by Gasteiger charge is 2.37. The van der Waals surface area contributed by atoms with Crippen molar-refractivity contribution in [3.05, 3.63) is 35.9 Å². The number of carbonyl (C=O) groups excluding carboxylic acids is 1. The van der Waals surface area contributed by atoms with Crippen LogP contribution in [0.25, 0.3) is 0 Å². The Morgan fingerprint density at radius 2 is 1.88 bits per heavy atom. The van der Waals surface area contributed by atoms with E-state index in [1.807, 2.05) is 6.07 Å². The zero-order valence-corrected chi connectivity index (χ0v) is 10.9. The van der Waals surface area contributed by atoms with Crippen molar-refractivity contribution in [2.75, 3.05) is 0 Å². The molecule has 1 fully saturated rings. The molecule has 1 heterocycles. The average molecular weight is 231 g/mol. The lowest BCUT2D eigenvalue weighted by Gasteiger charge is -2.37. The number of hydrogen-bond acceptors (Lipinski definition) is 1. The van der Waals surface area contributed by atoms with Gasteiger partial charge >= 0.3 is 0 Å². The number of amides is 1. The van der Waals surface area contributed by atoms with Crippen molar-refractivity contribution in [1.29, 1.82) is 0 Å². The van der Waals surface area contributed by atoms with E-state index in [0.717, 1.165) is 12.8 Å². The molecule has 92 valence electrons. The summed E-state index contributed by atoms with van der Waals surface area (Å²) in [5, 5.41) is 0. The Labute approximate surface area is 104 Å². The Hall–Kier alpha value is -1.31. The van der Waals surface area contributed by atoms with E-state index in [2.05, 4.69) is 49.9 Å². The third-order valence-corrected chi connectivity index (χ3v) is 3.36. The zero-order valence-electron chi connectivity index (χ0n) is 10.9. The molecule has 1 amide bonds. The van der Waals surface area contributed by atoms with Crippen LogP contribution in [0.5, 0.6) is 0 Å². The van der Waals surface area contributed by atoms with Crippen LogP contribution in [0.1, 0.15) is 39.2 Å². The van der Waals surface area contributed by atoms with E-state index in [1.165, 1.54) is 5.56 Å². The Morgan fingerprint density at radius 3 is 2.47 bits per heavy atom. The maximum absolute atomic E-state index is 11.9. The number of nitrogens with zero attached hydrogens (tertiary/aromatic N) is 1. The van der Waals surface area contributed by atoms with Gasteiger partial charge in [-0.05, 0) is 39.2 Å². The summed E-state index contributed by atoms with van der Waals surface area (Å²) >= 11 is 0. The topological polar surface area (TPSA) is 20.3 Å². The molecule has 1 aliphatic heterocycles. The van der Waals surface area contributed by atoms with Crippen molar-refractivity contribution in [2.45, 2.75) is 51.6 Å². The minimum Gasteiger partial charge on any atom is -0.335 e. The molecule has 0 saturated carbocycles. The molecule has 0 spiro atoms. The quantitative estimate of drug-likeness (QED) is 0.766. The van der Waals surface area contributed by atoms with E-state index in [1.54, 1.807) is 0 Å². The molecule has 2 nitrogen and oxygen atoms in total. The fraction of sp³-hybridized carbons (Fsp3) is 0.533. The summed E-state index contributed by atoms with van der Waals surface area (Å²) in [5.74, 6) is 0.304. The van der Waals surface area contributed by atoms with Crippen molar-refractivity contribution >= 4 is 5.91 Å². The SMILES string of the molecule is CC(C)(C)N1C(=O)CCC1Cc1ccccc1. The zero-order chi connectivity index (χ0) is 12.5. The summed E-state index contributed by atoms with van der Waals surface area (Å²) < 4.78 is 0. The van der Waals surface area contributed by atoms with E-state index in [9.17, 15) is 4.79 Å². The summed E-state index contributed by atoms with van der Waals surface area (Å²) in [6.45, 7) is 6.36. The molecule has 1 aromatic rings. The second-order valence-corrected chi connectivity index (χ2v) is 5.82. The maximum Gasteiger partial charge on any atom is 0.223 e. The monoisotopic (exact) mass is 231 g/mol. The second-order valence-electron chi connectivity index (χ2n) is 5.82. The fourth-order valence-electron chi connectivity index (χ4n) is 2.74. The third kappa shape index (κ3) is 2.68. The van der Waals surface area contributed by atoms with Gasteiger partial charge in [-0.1, -0.05) is 30.3 Å². The highest BCUT2D eigenvalue weighted by Crippen LogP contribution is 2.29. The predicted octanol–water partition coefficient (Wildman–Crippen LogP) is 3.02. The summed E-state index contributed by atoms with van der Waals surface area (Å²) in [6, 6.07) is 10.8. The van der Waals surface area contributed by atoms with E-state index in [0.29, 0.717) is 18.4 Å². The number of hydrogen-bond donors (Lipinski definition) is 0. The first-order valence-corrected chi connectivity index (χ1v) is 6.34. The number of carbonyl (C=O) groups is 1.